The van der Waals surface area contributed by atoms with Gasteiger partial charge < -0.3 is 20.1 Å². The lowest BCUT2D eigenvalue weighted by Crippen LogP contribution is -2.45. The summed E-state index contributed by atoms with van der Waals surface area (Å²) in [6, 6.07) is 14.5. The molecule has 176 valence electrons. The summed E-state index contributed by atoms with van der Waals surface area (Å²) in [5.41, 5.74) is 2.80. The van der Waals surface area contributed by atoms with E-state index in [4.69, 9.17) is 0 Å². The van der Waals surface area contributed by atoms with Crippen LogP contribution in [0.5, 0.6) is 0 Å². The number of benzene rings is 2. The summed E-state index contributed by atoms with van der Waals surface area (Å²) >= 11 is 0. The molecule has 3 aromatic rings. The van der Waals surface area contributed by atoms with Crippen LogP contribution in [0, 0.1) is 0 Å². The molecule has 5 rings (SSSR count). The number of rotatable bonds is 5. The average Bonchev–Trinajstić information content (AvgIpc) is 3.44. The molecular weight excluding hydrogens is 434 g/mol. The number of carbonyl (C=O) groups excluding carboxylic acids is 3. The van der Waals surface area contributed by atoms with E-state index in [-0.39, 0.29) is 36.0 Å². The molecule has 2 fully saturated rings. The summed E-state index contributed by atoms with van der Waals surface area (Å²) in [5.74, 6) is -0.369. The van der Waals surface area contributed by atoms with Crippen molar-refractivity contribution in [1.29, 1.82) is 0 Å². The average molecular weight is 462 g/mol. The third-order valence-corrected chi connectivity index (χ3v) is 6.72. The van der Waals surface area contributed by atoms with E-state index in [2.05, 4.69) is 10.3 Å². The quantitative estimate of drug-likeness (QED) is 0.606. The van der Waals surface area contributed by atoms with Crippen LogP contribution in [-0.4, -0.2) is 58.4 Å². The third-order valence-electron chi connectivity index (χ3n) is 6.72. The molecule has 2 saturated heterocycles. The number of aromatic nitrogens is 2. The van der Waals surface area contributed by atoms with Crippen LogP contribution in [0.2, 0.25) is 0 Å². The van der Waals surface area contributed by atoms with Gasteiger partial charge in [-0.25, -0.2) is 4.79 Å². The van der Waals surface area contributed by atoms with Gasteiger partial charge >= 0.3 is 5.69 Å². The van der Waals surface area contributed by atoms with Crippen molar-refractivity contribution < 1.29 is 14.4 Å². The molecule has 3 amide bonds. The topological polar surface area (TPSA) is 108 Å². The van der Waals surface area contributed by atoms with Gasteiger partial charge in [-0.2, -0.15) is 0 Å². The van der Waals surface area contributed by atoms with Gasteiger partial charge in [0.05, 0.1) is 17.6 Å². The number of para-hydroxylation sites is 2. The van der Waals surface area contributed by atoms with E-state index in [0.717, 1.165) is 23.1 Å². The molecule has 1 aromatic heterocycles. The van der Waals surface area contributed by atoms with Crippen LogP contribution in [-0.2, 0) is 9.59 Å². The molecule has 9 nitrogen and oxygen atoms in total. The van der Waals surface area contributed by atoms with Crippen molar-refractivity contribution in [1.82, 2.24) is 19.8 Å². The highest BCUT2D eigenvalue weighted by Crippen LogP contribution is 2.25. The van der Waals surface area contributed by atoms with Crippen LogP contribution in [0.25, 0.3) is 11.0 Å². The number of H-pyrrole nitrogens is 1. The van der Waals surface area contributed by atoms with Gasteiger partial charge in [-0.15, -0.1) is 0 Å². The Kier molecular flexibility index (Phi) is 5.91. The summed E-state index contributed by atoms with van der Waals surface area (Å²) in [7, 11) is 0. The number of imidazole rings is 1. The molecular formula is C25H27N5O4. The molecule has 0 atom stereocenters. The molecule has 2 aliphatic heterocycles. The van der Waals surface area contributed by atoms with Crippen molar-refractivity contribution >= 4 is 34.4 Å². The van der Waals surface area contributed by atoms with Gasteiger partial charge in [0.1, 0.15) is 0 Å². The second-order valence-corrected chi connectivity index (χ2v) is 8.81. The lowest BCUT2D eigenvalue weighted by molar-refractivity contribution is -0.131. The molecule has 0 bridgehead atoms. The fourth-order valence-corrected chi connectivity index (χ4v) is 4.89. The third kappa shape index (κ3) is 4.21. The van der Waals surface area contributed by atoms with Crippen molar-refractivity contribution in [2.24, 2.45) is 0 Å². The van der Waals surface area contributed by atoms with Gasteiger partial charge in [0.15, 0.2) is 0 Å². The van der Waals surface area contributed by atoms with Crippen LogP contribution in [0.15, 0.2) is 53.3 Å². The van der Waals surface area contributed by atoms with E-state index in [0.29, 0.717) is 44.5 Å². The Morgan fingerprint density at radius 2 is 1.71 bits per heavy atom. The largest absolute Gasteiger partial charge is 0.343 e. The number of hydrogen-bond acceptors (Lipinski definition) is 4. The summed E-state index contributed by atoms with van der Waals surface area (Å²) in [6.07, 6.45) is 2.76. The second-order valence-electron chi connectivity index (χ2n) is 8.81. The van der Waals surface area contributed by atoms with Crippen molar-refractivity contribution in [3.63, 3.8) is 0 Å². The van der Waals surface area contributed by atoms with Gasteiger partial charge in [-0.3, -0.25) is 19.0 Å². The van der Waals surface area contributed by atoms with Crippen molar-refractivity contribution in [3.05, 3.63) is 64.6 Å². The van der Waals surface area contributed by atoms with Crippen LogP contribution in [0.4, 0.5) is 5.69 Å². The fraction of sp³-hybridized carbons (Fsp3) is 0.360. The first kappa shape index (κ1) is 21.9. The zero-order valence-corrected chi connectivity index (χ0v) is 18.8. The maximum atomic E-state index is 12.7. The number of anilines is 1. The number of piperidine rings is 1. The number of carbonyl (C=O) groups is 3. The van der Waals surface area contributed by atoms with E-state index >= 15 is 0 Å². The first-order valence-corrected chi connectivity index (χ1v) is 11.7. The molecule has 0 unspecified atom stereocenters. The molecule has 0 aliphatic carbocycles. The van der Waals surface area contributed by atoms with E-state index < -0.39 is 0 Å². The first-order chi connectivity index (χ1) is 16.5. The van der Waals surface area contributed by atoms with Gasteiger partial charge in [0, 0.05) is 43.3 Å². The number of hydrogen-bond donors (Lipinski definition) is 2. The smallest absolute Gasteiger partial charge is 0.326 e. The minimum Gasteiger partial charge on any atom is -0.343 e. The molecule has 34 heavy (non-hydrogen) atoms. The Labute approximate surface area is 196 Å². The molecule has 3 heterocycles. The Hall–Kier alpha value is -3.88. The molecule has 0 saturated carbocycles. The Morgan fingerprint density at radius 3 is 2.41 bits per heavy atom. The number of aromatic amines is 1. The zero-order valence-electron chi connectivity index (χ0n) is 18.8. The highest BCUT2D eigenvalue weighted by molar-refractivity contribution is 5.98. The van der Waals surface area contributed by atoms with Crippen molar-refractivity contribution in [2.75, 3.05) is 31.1 Å². The summed E-state index contributed by atoms with van der Waals surface area (Å²) < 4.78 is 1.79. The first-order valence-electron chi connectivity index (χ1n) is 11.7. The minimum atomic E-state index is -0.326. The maximum absolute atomic E-state index is 12.7. The summed E-state index contributed by atoms with van der Waals surface area (Å²) in [4.78, 5) is 55.8. The molecule has 2 aromatic carbocycles. The lowest BCUT2D eigenvalue weighted by Gasteiger charge is -2.32. The van der Waals surface area contributed by atoms with E-state index in [9.17, 15) is 19.2 Å². The van der Waals surface area contributed by atoms with Gasteiger partial charge in [-0.1, -0.05) is 12.1 Å². The van der Waals surface area contributed by atoms with E-state index in [1.54, 1.807) is 38.6 Å². The summed E-state index contributed by atoms with van der Waals surface area (Å²) in [6.45, 7) is 1.68. The number of nitrogens with one attached hydrogen (secondary N) is 2. The second kappa shape index (κ2) is 9.17. The monoisotopic (exact) mass is 461 g/mol. The predicted octanol–water partition coefficient (Wildman–Crippen LogP) is 2.05. The Morgan fingerprint density at radius 1 is 0.971 bits per heavy atom. The van der Waals surface area contributed by atoms with Gasteiger partial charge in [-0.05, 0) is 55.7 Å². The maximum Gasteiger partial charge on any atom is 0.326 e. The fourth-order valence-electron chi connectivity index (χ4n) is 4.89. The van der Waals surface area contributed by atoms with E-state index in [1.807, 2.05) is 24.3 Å². The van der Waals surface area contributed by atoms with Crippen molar-refractivity contribution in [3.8, 4) is 0 Å². The van der Waals surface area contributed by atoms with Crippen LogP contribution in [0.3, 0.4) is 0 Å². The highest BCUT2D eigenvalue weighted by atomic mass is 16.2. The highest BCUT2D eigenvalue weighted by Gasteiger charge is 2.26. The molecule has 9 heteroatoms. The van der Waals surface area contributed by atoms with Crippen LogP contribution < -0.4 is 15.9 Å². The van der Waals surface area contributed by atoms with Crippen molar-refractivity contribution in [2.45, 2.75) is 31.7 Å². The Bertz CT molecular complexity index is 1280. The molecule has 2 aliphatic rings. The normalized spacial score (nSPS) is 16.9. The van der Waals surface area contributed by atoms with Gasteiger partial charge in [0.2, 0.25) is 11.8 Å². The molecule has 0 spiro atoms. The predicted molar refractivity (Wildman–Crippen MR) is 128 cm³/mol. The Balaban J connectivity index is 1.14. The lowest BCUT2D eigenvalue weighted by atomic mass is 10.0. The zero-order chi connectivity index (χ0) is 23.7. The SMILES string of the molecule is O=C(NCC(=O)N1CCC(n2c(=O)[nH]c3ccccc32)CC1)c1ccc(N2CCCC2=O)cc1. The van der Waals surface area contributed by atoms with E-state index in [1.165, 1.54) is 0 Å². The minimum absolute atomic E-state index is 0.0308. The number of nitrogens with zero attached hydrogens (tertiary/aromatic N) is 3. The van der Waals surface area contributed by atoms with Gasteiger partial charge in [0.25, 0.3) is 5.91 Å². The number of likely N-dealkylation sites (tertiary alicyclic amines) is 1. The standard InChI is InChI=1S/C25H27N5O4/c31-22-6-3-13-29(22)18-9-7-17(8-10-18)24(33)26-16-23(32)28-14-11-19(12-15-28)30-21-5-2-1-4-20(21)27-25(30)34/h1-2,4-5,7-10,19H,3,6,11-16H2,(H,26,33)(H,27,34). The number of fused-ring (bicyclic) bond motifs is 1. The molecule has 0 radical (unpaired) electrons. The number of amides is 3. The van der Waals surface area contributed by atoms with Crippen LogP contribution in [0.1, 0.15) is 42.1 Å². The molecule has 2 N–H and O–H groups in total. The summed E-state index contributed by atoms with van der Waals surface area (Å²) in [5, 5.41) is 2.69. The van der Waals surface area contributed by atoms with Crippen LogP contribution >= 0.6 is 0 Å².